The van der Waals surface area contributed by atoms with Crippen molar-refractivity contribution >= 4 is 33.2 Å². The van der Waals surface area contributed by atoms with Crippen molar-refractivity contribution in [1.82, 2.24) is 4.31 Å². The van der Waals surface area contributed by atoms with Gasteiger partial charge in [-0.05, 0) is 37.5 Å². The second-order valence-electron chi connectivity index (χ2n) is 6.62. The lowest BCUT2D eigenvalue weighted by molar-refractivity contribution is -0.121. The Bertz CT molecular complexity index is 770. The molecule has 0 unspecified atom stereocenters. The number of benzene rings is 1. The molecule has 3 rings (SSSR count). The van der Waals surface area contributed by atoms with Crippen molar-refractivity contribution in [2.24, 2.45) is 5.92 Å². The molecule has 0 aromatic heterocycles. The summed E-state index contributed by atoms with van der Waals surface area (Å²) in [4.78, 5) is 26.0. The first-order valence-electron chi connectivity index (χ1n) is 8.51. The number of hydrogen-bond donors (Lipinski definition) is 1. The van der Waals surface area contributed by atoms with E-state index in [4.69, 9.17) is 0 Å². The van der Waals surface area contributed by atoms with Gasteiger partial charge in [0.2, 0.25) is 21.8 Å². The van der Waals surface area contributed by atoms with Crippen LogP contribution in [0.4, 0.5) is 11.4 Å². The lowest BCUT2D eigenvalue weighted by atomic mass is 9.97. The normalized spacial score (nSPS) is 20.0. The fraction of sp³-hybridized carbons (Fsp3) is 0.529. The number of anilines is 2. The third-order valence-corrected chi connectivity index (χ3v) is 6.10. The minimum absolute atomic E-state index is 0.0990. The van der Waals surface area contributed by atoms with E-state index in [0.717, 1.165) is 12.1 Å². The molecule has 25 heavy (non-hydrogen) atoms. The van der Waals surface area contributed by atoms with Gasteiger partial charge in [0.05, 0.1) is 6.26 Å². The minimum atomic E-state index is -3.19. The average molecular weight is 365 g/mol. The smallest absolute Gasteiger partial charge is 0.227 e. The highest BCUT2D eigenvalue weighted by atomic mass is 32.2. The Labute approximate surface area is 148 Å². The Morgan fingerprint density at radius 2 is 1.92 bits per heavy atom. The first-order valence-corrected chi connectivity index (χ1v) is 10.4. The van der Waals surface area contributed by atoms with Crippen LogP contribution in [0.5, 0.6) is 0 Å². The van der Waals surface area contributed by atoms with Crippen molar-refractivity contribution < 1.29 is 18.0 Å². The summed E-state index contributed by atoms with van der Waals surface area (Å²) < 4.78 is 24.5. The van der Waals surface area contributed by atoms with E-state index in [1.807, 2.05) is 18.2 Å². The zero-order valence-electron chi connectivity index (χ0n) is 14.3. The van der Waals surface area contributed by atoms with Crippen LogP contribution in [0.3, 0.4) is 0 Å². The van der Waals surface area contributed by atoms with Gasteiger partial charge in [-0.2, -0.15) is 0 Å². The molecule has 1 aromatic carbocycles. The molecule has 0 atom stereocenters. The van der Waals surface area contributed by atoms with Crippen LogP contribution in [0.15, 0.2) is 24.3 Å². The number of sulfonamides is 1. The number of carbonyl (C=O) groups excluding carboxylic acids is 2. The van der Waals surface area contributed by atoms with Gasteiger partial charge in [-0.1, -0.05) is 6.07 Å². The Balaban J connectivity index is 1.61. The number of nitrogens with zero attached hydrogens (tertiary/aromatic N) is 2. The van der Waals surface area contributed by atoms with Crippen LogP contribution >= 0.6 is 0 Å². The van der Waals surface area contributed by atoms with E-state index >= 15 is 0 Å². The fourth-order valence-electron chi connectivity index (χ4n) is 3.37. The van der Waals surface area contributed by atoms with E-state index in [-0.39, 0.29) is 17.7 Å². The van der Waals surface area contributed by atoms with Crippen LogP contribution in [0, 0.1) is 5.92 Å². The van der Waals surface area contributed by atoms with Crippen molar-refractivity contribution in [2.45, 2.75) is 25.7 Å². The number of piperidine rings is 1. The first-order chi connectivity index (χ1) is 11.8. The molecule has 8 heteroatoms. The predicted molar refractivity (Wildman–Crippen MR) is 95.8 cm³/mol. The predicted octanol–water partition coefficient (Wildman–Crippen LogP) is 1.42. The largest absolute Gasteiger partial charge is 0.326 e. The van der Waals surface area contributed by atoms with Gasteiger partial charge in [0.25, 0.3) is 0 Å². The van der Waals surface area contributed by atoms with E-state index in [2.05, 4.69) is 5.32 Å². The highest BCUT2D eigenvalue weighted by Gasteiger charge is 2.29. The van der Waals surface area contributed by atoms with Gasteiger partial charge in [0.15, 0.2) is 0 Å². The summed E-state index contributed by atoms with van der Waals surface area (Å²) in [6.45, 7) is 1.46. The van der Waals surface area contributed by atoms with E-state index in [0.29, 0.717) is 44.6 Å². The molecular formula is C17H23N3O4S. The summed E-state index contributed by atoms with van der Waals surface area (Å²) in [5.41, 5.74) is 1.46. The maximum atomic E-state index is 12.5. The van der Waals surface area contributed by atoms with Crippen LogP contribution in [0.1, 0.15) is 25.7 Å². The number of amides is 2. The molecule has 136 valence electrons. The zero-order valence-corrected chi connectivity index (χ0v) is 15.1. The highest BCUT2D eigenvalue weighted by molar-refractivity contribution is 7.88. The quantitative estimate of drug-likeness (QED) is 0.874. The molecule has 0 aliphatic carbocycles. The van der Waals surface area contributed by atoms with E-state index in [1.165, 1.54) is 10.6 Å². The van der Waals surface area contributed by atoms with Gasteiger partial charge in [0.1, 0.15) is 0 Å². The number of nitrogens with one attached hydrogen (secondary N) is 1. The third kappa shape index (κ3) is 4.19. The SMILES string of the molecule is CS(=O)(=O)N1CCC(C(=O)Nc2cccc(N3CCCC3=O)c2)CC1. The molecule has 7 nitrogen and oxygen atoms in total. The van der Waals surface area contributed by atoms with Crippen molar-refractivity contribution in [1.29, 1.82) is 0 Å². The summed E-state index contributed by atoms with van der Waals surface area (Å²) in [6, 6.07) is 7.30. The standard InChI is InChI=1S/C17H23N3O4S/c1-25(23,24)19-10-7-13(8-11-19)17(22)18-14-4-2-5-15(12-14)20-9-3-6-16(20)21/h2,4-5,12-13H,3,6-11H2,1H3,(H,18,22). The summed E-state index contributed by atoms with van der Waals surface area (Å²) in [6.07, 6.45) is 3.65. The molecule has 2 aliphatic heterocycles. The summed E-state index contributed by atoms with van der Waals surface area (Å²) in [5, 5.41) is 2.90. The molecule has 0 radical (unpaired) electrons. The molecule has 2 aliphatic rings. The summed E-state index contributed by atoms with van der Waals surface area (Å²) in [7, 11) is -3.19. The van der Waals surface area contributed by atoms with Crippen LogP contribution in [-0.2, 0) is 19.6 Å². The van der Waals surface area contributed by atoms with Crippen molar-refractivity contribution in [2.75, 3.05) is 36.1 Å². The molecular weight excluding hydrogens is 342 g/mol. The maximum absolute atomic E-state index is 12.5. The zero-order chi connectivity index (χ0) is 18.0. The molecule has 2 saturated heterocycles. The fourth-order valence-corrected chi connectivity index (χ4v) is 4.24. The lowest BCUT2D eigenvalue weighted by Crippen LogP contribution is -2.40. The molecule has 0 bridgehead atoms. The van der Waals surface area contributed by atoms with Crippen molar-refractivity contribution in [3.8, 4) is 0 Å². The van der Waals surface area contributed by atoms with Crippen LogP contribution in [0.25, 0.3) is 0 Å². The van der Waals surface area contributed by atoms with E-state index in [1.54, 1.807) is 11.0 Å². The molecule has 0 saturated carbocycles. The molecule has 2 fully saturated rings. The molecule has 1 N–H and O–H groups in total. The van der Waals surface area contributed by atoms with Crippen LogP contribution < -0.4 is 10.2 Å². The number of carbonyl (C=O) groups is 2. The van der Waals surface area contributed by atoms with Crippen molar-refractivity contribution in [3.05, 3.63) is 24.3 Å². The van der Waals surface area contributed by atoms with E-state index in [9.17, 15) is 18.0 Å². The van der Waals surface area contributed by atoms with Crippen LogP contribution in [-0.4, -0.2) is 50.4 Å². The van der Waals surface area contributed by atoms with Gasteiger partial charge >= 0.3 is 0 Å². The second kappa shape index (κ2) is 7.13. The van der Waals surface area contributed by atoms with Gasteiger partial charge < -0.3 is 10.2 Å². The highest BCUT2D eigenvalue weighted by Crippen LogP contribution is 2.26. The topological polar surface area (TPSA) is 86.8 Å². The first kappa shape index (κ1) is 17.9. The molecule has 0 spiro atoms. The van der Waals surface area contributed by atoms with Gasteiger partial charge in [-0.15, -0.1) is 0 Å². The number of hydrogen-bond acceptors (Lipinski definition) is 4. The molecule has 2 heterocycles. The van der Waals surface area contributed by atoms with Gasteiger partial charge in [-0.3, -0.25) is 9.59 Å². The Hall–Kier alpha value is -1.93. The summed E-state index contributed by atoms with van der Waals surface area (Å²) >= 11 is 0. The van der Waals surface area contributed by atoms with E-state index < -0.39 is 10.0 Å². The average Bonchev–Trinajstić information content (AvgIpc) is 3.00. The molecule has 2 amide bonds. The lowest BCUT2D eigenvalue weighted by Gasteiger charge is -2.29. The Morgan fingerprint density at radius 3 is 2.52 bits per heavy atom. The van der Waals surface area contributed by atoms with Crippen molar-refractivity contribution in [3.63, 3.8) is 0 Å². The molecule has 1 aromatic rings. The Kier molecular flexibility index (Phi) is 5.10. The Morgan fingerprint density at radius 1 is 1.20 bits per heavy atom. The van der Waals surface area contributed by atoms with Gasteiger partial charge in [0, 0.05) is 43.3 Å². The summed E-state index contributed by atoms with van der Waals surface area (Å²) in [5.74, 6) is -0.190. The third-order valence-electron chi connectivity index (χ3n) is 4.79. The maximum Gasteiger partial charge on any atom is 0.227 e. The second-order valence-corrected chi connectivity index (χ2v) is 8.61. The van der Waals surface area contributed by atoms with Crippen LogP contribution in [0.2, 0.25) is 0 Å². The number of rotatable bonds is 4. The minimum Gasteiger partial charge on any atom is -0.326 e. The monoisotopic (exact) mass is 365 g/mol. The van der Waals surface area contributed by atoms with Gasteiger partial charge in [-0.25, -0.2) is 12.7 Å².